The molecule has 180 valence electrons. The predicted octanol–water partition coefficient (Wildman–Crippen LogP) is 6.59. The van der Waals surface area contributed by atoms with E-state index < -0.39 is 17.7 Å². The summed E-state index contributed by atoms with van der Waals surface area (Å²) in [5, 5.41) is 0. The van der Waals surface area contributed by atoms with Crippen LogP contribution in [0.25, 0.3) is 0 Å². The summed E-state index contributed by atoms with van der Waals surface area (Å²) in [5.74, 6) is -0.589. The normalized spacial score (nSPS) is 12.4. The van der Waals surface area contributed by atoms with Crippen LogP contribution in [-0.2, 0) is 17.3 Å². The number of hydrogen-bond donors (Lipinski definition) is 0. The molecule has 1 amide bonds. The van der Waals surface area contributed by atoms with Crippen LogP contribution < -0.4 is 0 Å². The second-order valence-corrected chi connectivity index (χ2v) is 9.57. The molecule has 0 saturated carbocycles. The number of ether oxygens (including phenoxy) is 1. The van der Waals surface area contributed by atoms with E-state index in [1.165, 1.54) is 30.6 Å². The molecule has 3 rings (SSSR count). The number of aryl methyl sites for hydroxylation is 2. The Morgan fingerprint density at radius 3 is 2.12 bits per heavy atom. The number of amides is 1. The number of benzene rings is 2. The number of halogens is 3. The van der Waals surface area contributed by atoms with Crippen LogP contribution in [0.15, 0.2) is 48.5 Å². The van der Waals surface area contributed by atoms with E-state index in [-0.39, 0.29) is 11.9 Å². The maximum atomic E-state index is 13.5. The molecule has 0 N–H and O–H groups in total. The van der Waals surface area contributed by atoms with Gasteiger partial charge in [0, 0.05) is 16.8 Å². The highest BCUT2D eigenvalue weighted by molar-refractivity contribution is 7.12. The highest BCUT2D eigenvalue weighted by Crippen LogP contribution is 2.34. The van der Waals surface area contributed by atoms with E-state index in [2.05, 4.69) is 0 Å². The van der Waals surface area contributed by atoms with Crippen molar-refractivity contribution in [3.05, 3.63) is 91.7 Å². The van der Waals surface area contributed by atoms with Gasteiger partial charge in [-0.1, -0.05) is 24.3 Å². The van der Waals surface area contributed by atoms with Crippen LogP contribution in [0.2, 0.25) is 0 Å². The van der Waals surface area contributed by atoms with Gasteiger partial charge in [0.25, 0.3) is 5.91 Å². The lowest BCUT2D eigenvalue weighted by Gasteiger charge is -2.26. The minimum absolute atomic E-state index is 0.159. The molecular formula is C26H26F3NO3S. The molecule has 1 atom stereocenters. The Morgan fingerprint density at radius 2 is 1.59 bits per heavy atom. The Labute approximate surface area is 201 Å². The molecule has 0 bridgehead atoms. The SMILES string of the molecule is COC(=O)c1ccc(C(C)N(C)C(=O)c2c(C)sc(C)c2Cc2ccc(C(F)(F)F)cc2)cc1. The molecule has 1 heterocycles. The molecule has 0 aliphatic carbocycles. The summed E-state index contributed by atoms with van der Waals surface area (Å²) < 4.78 is 43.4. The fraction of sp³-hybridized carbons (Fsp3) is 0.308. The highest BCUT2D eigenvalue weighted by atomic mass is 32.1. The molecule has 1 unspecified atom stereocenters. The zero-order valence-corrected chi connectivity index (χ0v) is 20.4. The van der Waals surface area contributed by atoms with E-state index >= 15 is 0 Å². The maximum Gasteiger partial charge on any atom is 0.416 e. The Bertz CT molecular complexity index is 1180. The molecule has 0 aliphatic rings. The first-order valence-corrected chi connectivity index (χ1v) is 11.5. The van der Waals surface area contributed by atoms with Gasteiger partial charge in [0.05, 0.1) is 29.8 Å². The summed E-state index contributed by atoms with van der Waals surface area (Å²) in [7, 11) is 3.04. The van der Waals surface area contributed by atoms with Gasteiger partial charge in [-0.25, -0.2) is 4.79 Å². The maximum absolute atomic E-state index is 13.5. The van der Waals surface area contributed by atoms with Gasteiger partial charge in [0.15, 0.2) is 0 Å². The second kappa shape index (κ2) is 10.0. The molecule has 8 heteroatoms. The molecule has 0 spiro atoms. The molecule has 0 saturated heterocycles. The lowest BCUT2D eigenvalue weighted by atomic mass is 9.98. The smallest absolute Gasteiger partial charge is 0.416 e. The molecule has 34 heavy (non-hydrogen) atoms. The summed E-state index contributed by atoms with van der Waals surface area (Å²) in [6, 6.07) is 11.7. The molecule has 0 aliphatic heterocycles. The van der Waals surface area contributed by atoms with E-state index in [1.807, 2.05) is 20.8 Å². The largest absolute Gasteiger partial charge is 0.465 e. The number of rotatable bonds is 6. The van der Waals surface area contributed by atoms with Crippen LogP contribution in [0.1, 0.15) is 65.7 Å². The van der Waals surface area contributed by atoms with Crippen LogP contribution >= 0.6 is 11.3 Å². The number of alkyl halides is 3. The fourth-order valence-electron chi connectivity index (χ4n) is 3.83. The van der Waals surface area contributed by atoms with Gasteiger partial charge in [0.2, 0.25) is 0 Å². The van der Waals surface area contributed by atoms with Crippen molar-refractivity contribution >= 4 is 23.2 Å². The predicted molar refractivity (Wildman–Crippen MR) is 126 cm³/mol. The Balaban J connectivity index is 1.85. The van der Waals surface area contributed by atoms with Crippen LogP contribution in [-0.4, -0.2) is 30.9 Å². The molecule has 3 aromatic rings. The molecule has 4 nitrogen and oxygen atoms in total. The molecule has 0 fully saturated rings. The number of carbonyl (C=O) groups is 2. The van der Waals surface area contributed by atoms with Gasteiger partial charge >= 0.3 is 12.1 Å². The van der Waals surface area contributed by atoms with Gasteiger partial charge in [-0.05, 0) is 68.1 Å². The molecule has 2 aromatic carbocycles. The Hall–Kier alpha value is -3.13. The summed E-state index contributed by atoms with van der Waals surface area (Å²) >= 11 is 1.50. The van der Waals surface area contributed by atoms with Gasteiger partial charge in [-0.2, -0.15) is 13.2 Å². The minimum Gasteiger partial charge on any atom is -0.465 e. The monoisotopic (exact) mass is 489 g/mol. The highest BCUT2D eigenvalue weighted by Gasteiger charge is 2.30. The van der Waals surface area contributed by atoms with Crippen molar-refractivity contribution in [3.8, 4) is 0 Å². The van der Waals surface area contributed by atoms with E-state index in [4.69, 9.17) is 4.74 Å². The van der Waals surface area contributed by atoms with E-state index in [1.54, 1.807) is 36.2 Å². The quantitative estimate of drug-likeness (QED) is 0.367. The third kappa shape index (κ3) is 5.33. The summed E-state index contributed by atoms with van der Waals surface area (Å²) in [6.45, 7) is 5.70. The number of hydrogen-bond acceptors (Lipinski definition) is 4. The van der Waals surface area contributed by atoms with Crippen LogP contribution in [0.5, 0.6) is 0 Å². The topological polar surface area (TPSA) is 46.6 Å². The summed E-state index contributed by atoms with van der Waals surface area (Å²) in [4.78, 5) is 28.7. The lowest BCUT2D eigenvalue weighted by molar-refractivity contribution is -0.137. The summed E-state index contributed by atoms with van der Waals surface area (Å²) in [6.07, 6.45) is -4.02. The van der Waals surface area contributed by atoms with Crippen LogP contribution in [0.3, 0.4) is 0 Å². The van der Waals surface area contributed by atoms with Gasteiger partial charge in [0.1, 0.15) is 0 Å². The van der Waals surface area contributed by atoms with Crippen molar-refractivity contribution < 1.29 is 27.5 Å². The minimum atomic E-state index is -4.39. The summed E-state index contributed by atoms with van der Waals surface area (Å²) in [5.41, 5.74) is 2.71. The molecule has 0 radical (unpaired) electrons. The fourth-order valence-corrected chi connectivity index (χ4v) is 4.90. The number of esters is 1. The number of methoxy groups -OCH3 is 1. The van der Waals surface area contributed by atoms with Crippen molar-refractivity contribution in [2.75, 3.05) is 14.2 Å². The average Bonchev–Trinajstić information content (AvgIpc) is 3.09. The average molecular weight is 490 g/mol. The molecule has 1 aromatic heterocycles. The van der Waals surface area contributed by atoms with E-state index in [0.29, 0.717) is 23.1 Å². The van der Waals surface area contributed by atoms with E-state index in [0.717, 1.165) is 33.0 Å². The van der Waals surface area contributed by atoms with Crippen molar-refractivity contribution in [2.24, 2.45) is 0 Å². The van der Waals surface area contributed by atoms with E-state index in [9.17, 15) is 22.8 Å². The van der Waals surface area contributed by atoms with Gasteiger partial charge in [-0.15, -0.1) is 11.3 Å². The second-order valence-electron chi connectivity index (χ2n) is 8.15. The standard InChI is InChI=1S/C26H26F3NO3S/c1-15(19-8-10-20(11-9-19)25(32)33-5)30(4)24(31)23-17(3)34-16(2)22(23)14-18-6-12-21(13-7-18)26(27,28)29/h6-13,15H,14H2,1-5H3. The van der Waals surface area contributed by atoms with Crippen LogP contribution in [0, 0.1) is 13.8 Å². The zero-order chi connectivity index (χ0) is 25.2. The third-order valence-electron chi connectivity index (χ3n) is 5.98. The number of nitrogens with zero attached hydrogens (tertiary/aromatic N) is 1. The zero-order valence-electron chi connectivity index (χ0n) is 19.6. The number of thiophene rings is 1. The van der Waals surface area contributed by atoms with Gasteiger partial charge < -0.3 is 9.64 Å². The van der Waals surface area contributed by atoms with Crippen molar-refractivity contribution in [2.45, 2.75) is 39.4 Å². The first-order valence-electron chi connectivity index (χ1n) is 10.6. The Morgan fingerprint density at radius 1 is 1.00 bits per heavy atom. The number of carbonyl (C=O) groups excluding carboxylic acids is 2. The molecular weight excluding hydrogens is 463 g/mol. The third-order valence-corrected chi connectivity index (χ3v) is 7.04. The lowest BCUT2D eigenvalue weighted by Crippen LogP contribution is -2.30. The van der Waals surface area contributed by atoms with Crippen molar-refractivity contribution in [1.29, 1.82) is 0 Å². The first kappa shape index (κ1) is 25.5. The van der Waals surface area contributed by atoms with Gasteiger partial charge in [-0.3, -0.25) is 4.79 Å². The van der Waals surface area contributed by atoms with Crippen LogP contribution in [0.4, 0.5) is 13.2 Å². The van der Waals surface area contributed by atoms with Crippen molar-refractivity contribution in [3.63, 3.8) is 0 Å². The first-order chi connectivity index (χ1) is 15.9. The Kier molecular flexibility index (Phi) is 7.51. The van der Waals surface area contributed by atoms with Crippen molar-refractivity contribution in [1.82, 2.24) is 4.90 Å².